The number of allylic oxidation sites excluding steroid dienone is 11. The van der Waals surface area contributed by atoms with Crippen molar-refractivity contribution >= 4 is 51.7 Å². The summed E-state index contributed by atoms with van der Waals surface area (Å²) in [7, 11) is 0. The standard InChI is InChI=1S/C58H57N5O/c1-5-8-13-24-42(4)57-60-52-38-37-50-51-41-45(43-33-35-49(36-34-43)62(47(22-6-2)23-7-3)48-30-18-12-19-31-48)27-20-32-53(51)63(54(50)55(52)64-57)58(46-28-16-9-10-17-29-46)39-21-40-59-56(61-58)44-25-14-11-15-26-44/h5-6,8,11-16,18-20,22-31,33-38,40-41,57,60H,4,7,9-10,17,21,32,39H2,1-3H3/b8-5-,22-6-,24-13-,47-23+. The number of benzene rings is 4. The second kappa shape index (κ2) is 19.1. The Balaban J connectivity index is 1.25. The zero-order valence-corrected chi connectivity index (χ0v) is 37.3. The molecule has 5 aromatic rings. The molecule has 0 fully saturated rings. The van der Waals surface area contributed by atoms with Crippen molar-refractivity contribution in [2.45, 2.75) is 77.6 Å². The van der Waals surface area contributed by atoms with Crippen LogP contribution in [0.5, 0.6) is 5.75 Å². The molecule has 0 bridgehead atoms. The van der Waals surface area contributed by atoms with Crippen LogP contribution in [-0.2, 0) is 12.1 Å². The van der Waals surface area contributed by atoms with Crippen LogP contribution in [-0.4, -0.2) is 22.8 Å². The molecule has 2 unspecified atom stereocenters. The lowest BCUT2D eigenvalue weighted by atomic mass is 9.92. The smallest absolute Gasteiger partial charge is 0.196 e. The molecule has 1 aromatic heterocycles. The normalized spacial score (nSPS) is 19.7. The molecule has 6 nitrogen and oxygen atoms in total. The lowest BCUT2D eigenvalue weighted by Crippen LogP contribution is -2.36. The Morgan fingerprint density at radius 2 is 1.66 bits per heavy atom. The first-order chi connectivity index (χ1) is 31.5. The molecule has 2 aliphatic carbocycles. The van der Waals surface area contributed by atoms with Crippen molar-refractivity contribution in [2.75, 3.05) is 10.2 Å². The van der Waals surface area contributed by atoms with Crippen LogP contribution in [0.15, 0.2) is 203 Å². The maximum Gasteiger partial charge on any atom is 0.196 e. The summed E-state index contributed by atoms with van der Waals surface area (Å²) < 4.78 is 9.55. The number of anilines is 3. The SMILES string of the molecule is C=C(/C=C\C=C/C)C1Nc2ccc3c4c(n(C5(C6=CCCCC=C6)CCC=NC(c6ccccc6)=N5)c3c2O1)CC=CC(c1ccc(N(C(/C=C\C)=C/CC)c2ccccc2)cc1)=C4. The second-order valence-corrected chi connectivity index (χ2v) is 16.6. The summed E-state index contributed by atoms with van der Waals surface area (Å²) in [4.78, 5) is 13.2. The average Bonchev–Trinajstić information content (AvgIpc) is 3.53. The van der Waals surface area contributed by atoms with Gasteiger partial charge in [-0.2, -0.15) is 0 Å². The number of para-hydroxylation sites is 1. The summed E-state index contributed by atoms with van der Waals surface area (Å²) in [6.07, 6.45) is 36.6. The summed E-state index contributed by atoms with van der Waals surface area (Å²) in [5.74, 6) is 1.55. The van der Waals surface area contributed by atoms with Gasteiger partial charge in [-0.25, -0.2) is 9.98 Å². The van der Waals surface area contributed by atoms with Gasteiger partial charge in [0.05, 0.1) is 11.2 Å². The van der Waals surface area contributed by atoms with Crippen molar-refractivity contribution < 1.29 is 4.74 Å². The molecule has 0 saturated heterocycles. The van der Waals surface area contributed by atoms with Crippen LogP contribution in [0, 0.1) is 0 Å². The van der Waals surface area contributed by atoms with Crippen LogP contribution >= 0.6 is 0 Å². The molecule has 0 spiro atoms. The van der Waals surface area contributed by atoms with E-state index in [-0.39, 0.29) is 0 Å². The van der Waals surface area contributed by atoms with E-state index >= 15 is 0 Å². The lowest BCUT2D eigenvalue weighted by molar-refractivity contribution is 0.292. The van der Waals surface area contributed by atoms with E-state index in [0.29, 0.717) is 6.42 Å². The van der Waals surface area contributed by atoms with Crippen LogP contribution in [0.1, 0.15) is 81.7 Å². The minimum Gasteiger partial charge on any atom is -0.462 e. The number of aliphatic imine (C=N–C) groups is 2. The van der Waals surface area contributed by atoms with Crippen molar-refractivity contribution in [2.24, 2.45) is 9.98 Å². The van der Waals surface area contributed by atoms with E-state index in [9.17, 15) is 0 Å². The maximum absolute atomic E-state index is 7.01. The Morgan fingerprint density at radius 1 is 0.859 bits per heavy atom. The highest BCUT2D eigenvalue weighted by Gasteiger charge is 2.42. The quantitative estimate of drug-likeness (QED) is 0.127. The number of hydrogen-bond donors (Lipinski definition) is 1. The molecule has 0 amide bonds. The highest BCUT2D eigenvalue weighted by molar-refractivity contribution is 6.06. The van der Waals surface area contributed by atoms with Gasteiger partial charge in [0.2, 0.25) is 0 Å². The molecule has 0 saturated carbocycles. The summed E-state index contributed by atoms with van der Waals surface area (Å²) in [6.45, 7) is 10.7. The van der Waals surface area contributed by atoms with Crippen molar-refractivity contribution in [3.8, 4) is 5.75 Å². The third-order valence-corrected chi connectivity index (χ3v) is 12.3. The van der Waals surface area contributed by atoms with Crippen molar-refractivity contribution in [1.29, 1.82) is 0 Å². The Hall–Kier alpha value is -7.18. The topological polar surface area (TPSA) is 54.1 Å². The first-order valence-electron chi connectivity index (χ1n) is 22.9. The fourth-order valence-electron chi connectivity index (χ4n) is 9.35. The molecular weight excluding hydrogens is 783 g/mol. The van der Waals surface area contributed by atoms with E-state index < -0.39 is 11.9 Å². The molecule has 2 atom stereocenters. The molecule has 1 N–H and O–H groups in total. The molecule has 0 radical (unpaired) electrons. The Bertz CT molecular complexity index is 2840. The van der Waals surface area contributed by atoms with Gasteiger partial charge in [0.1, 0.15) is 0 Å². The number of ether oxygens (including phenoxy) is 1. The minimum absolute atomic E-state index is 0.417. The molecule has 9 rings (SSSR count). The monoisotopic (exact) mass is 839 g/mol. The molecule has 2 aliphatic heterocycles. The van der Waals surface area contributed by atoms with Crippen LogP contribution < -0.4 is 15.0 Å². The maximum atomic E-state index is 7.01. The van der Waals surface area contributed by atoms with Crippen LogP contribution in [0.2, 0.25) is 0 Å². The molecule has 3 heterocycles. The van der Waals surface area contributed by atoms with Crippen LogP contribution in [0.3, 0.4) is 0 Å². The predicted molar refractivity (Wildman–Crippen MR) is 272 cm³/mol. The van der Waals surface area contributed by atoms with Crippen LogP contribution in [0.25, 0.3) is 22.6 Å². The Morgan fingerprint density at radius 3 is 2.44 bits per heavy atom. The largest absolute Gasteiger partial charge is 0.462 e. The fraction of sp³-hybridized carbons (Fsp3) is 0.207. The summed E-state index contributed by atoms with van der Waals surface area (Å²) in [5.41, 5.74) is 12.2. The lowest BCUT2D eigenvalue weighted by Gasteiger charge is -2.36. The van der Waals surface area contributed by atoms with Gasteiger partial charge >= 0.3 is 0 Å². The summed E-state index contributed by atoms with van der Waals surface area (Å²) in [6, 6.07) is 34.5. The highest BCUT2D eigenvalue weighted by Crippen LogP contribution is 2.50. The Labute approximate surface area is 378 Å². The van der Waals surface area contributed by atoms with Gasteiger partial charge in [0.15, 0.2) is 23.5 Å². The summed E-state index contributed by atoms with van der Waals surface area (Å²) >= 11 is 0. The van der Waals surface area contributed by atoms with E-state index in [1.807, 2.05) is 37.3 Å². The van der Waals surface area contributed by atoms with Crippen molar-refractivity contribution in [1.82, 2.24) is 4.57 Å². The number of fused-ring (bicyclic) bond motifs is 5. The zero-order chi connectivity index (χ0) is 43.9. The van der Waals surface area contributed by atoms with Gasteiger partial charge in [-0.3, -0.25) is 0 Å². The summed E-state index contributed by atoms with van der Waals surface area (Å²) in [5, 5.41) is 4.79. The number of nitrogens with zero attached hydrogens (tertiary/aromatic N) is 4. The molecule has 64 heavy (non-hydrogen) atoms. The van der Waals surface area contributed by atoms with Gasteiger partial charge in [0, 0.05) is 63.9 Å². The molecule has 4 aromatic carbocycles. The number of amidine groups is 1. The zero-order valence-electron chi connectivity index (χ0n) is 37.3. The van der Waals surface area contributed by atoms with E-state index in [2.05, 4.69) is 187 Å². The molecular formula is C58H57N5O. The first-order valence-corrected chi connectivity index (χ1v) is 22.9. The average molecular weight is 840 g/mol. The number of nitrogens with one attached hydrogen (secondary N) is 1. The number of aromatic nitrogens is 1. The highest BCUT2D eigenvalue weighted by atomic mass is 16.5. The minimum atomic E-state index is -0.820. The van der Waals surface area contributed by atoms with E-state index in [1.165, 1.54) is 16.8 Å². The van der Waals surface area contributed by atoms with Crippen LogP contribution in [0.4, 0.5) is 17.1 Å². The predicted octanol–water partition coefficient (Wildman–Crippen LogP) is 14.8. The fourth-order valence-corrected chi connectivity index (χ4v) is 9.35. The van der Waals surface area contributed by atoms with Crippen molar-refractivity contribution in [3.05, 3.63) is 216 Å². The molecule has 6 heteroatoms. The van der Waals surface area contributed by atoms with Gasteiger partial charge < -0.3 is 19.5 Å². The van der Waals surface area contributed by atoms with Gasteiger partial charge in [0.25, 0.3) is 0 Å². The number of rotatable bonds is 12. The molecule has 320 valence electrons. The second-order valence-electron chi connectivity index (χ2n) is 16.6. The van der Waals surface area contributed by atoms with E-state index in [0.717, 1.165) is 106 Å². The third-order valence-electron chi connectivity index (χ3n) is 12.3. The van der Waals surface area contributed by atoms with Gasteiger partial charge in [-0.05, 0) is 111 Å². The van der Waals surface area contributed by atoms with Gasteiger partial charge in [-0.15, -0.1) is 0 Å². The van der Waals surface area contributed by atoms with Crippen molar-refractivity contribution in [3.63, 3.8) is 0 Å². The van der Waals surface area contributed by atoms with Gasteiger partial charge in [-0.1, -0.05) is 141 Å². The number of hydrogen-bond acceptors (Lipinski definition) is 5. The first kappa shape index (κ1) is 42.1. The Kier molecular flexibility index (Phi) is 12.5. The van der Waals surface area contributed by atoms with E-state index in [1.54, 1.807) is 0 Å². The van der Waals surface area contributed by atoms with E-state index in [4.69, 9.17) is 14.7 Å². The third kappa shape index (κ3) is 8.24. The molecule has 4 aliphatic rings.